The van der Waals surface area contributed by atoms with Crippen molar-refractivity contribution in [3.8, 4) is 0 Å². The number of aliphatic hydroxyl groups excluding tert-OH is 1. The molecule has 4 N–H and O–H groups in total. The molecular weight excluding hydrogens is 235 g/mol. The van der Waals surface area contributed by atoms with Crippen molar-refractivity contribution in [2.24, 2.45) is 5.73 Å². The van der Waals surface area contributed by atoms with Gasteiger partial charge in [0.15, 0.2) is 0 Å². The fourth-order valence-corrected chi connectivity index (χ4v) is 2.29. The smallest absolute Gasteiger partial charge is 0.250 e. The van der Waals surface area contributed by atoms with E-state index >= 15 is 0 Å². The van der Waals surface area contributed by atoms with Gasteiger partial charge in [0.05, 0.1) is 11.7 Å². The van der Waals surface area contributed by atoms with Crippen molar-refractivity contribution < 1.29 is 14.3 Å². The van der Waals surface area contributed by atoms with Gasteiger partial charge in [-0.25, -0.2) is 4.39 Å². The van der Waals surface area contributed by atoms with Crippen molar-refractivity contribution >= 4 is 11.6 Å². The van der Waals surface area contributed by atoms with Gasteiger partial charge in [0.1, 0.15) is 5.82 Å². The molecule has 0 spiro atoms. The van der Waals surface area contributed by atoms with Crippen LogP contribution in [0.1, 0.15) is 36.0 Å². The van der Waals surface area contributed by atoms with Crippen LogP contribution in [0, 0.1) is 5.82 Å². The first kappa shape index (κ1) is 12.8. The molecule has 0 radical (unpaired) electrons. The predicted octanol–water partition coefficient (Wildman–Crippen LogP) is 1.64. The third-order valence-electron chi connectivity index (χ3n) is 3.30. The lowest BCUT2D eigenvalue weighted by atomic mass is 9.93. The Kier molecular flexibility index (Phi) is 3.81. The number of aliphatic hydroxyl groups is 1. The molecule has 0 aliphatic heterocycles. The highest BCUT2D eigenvalue weighted by atomic mass is 19.1. The van der Waals surface area contributed by atoms with E-state index in [4.69, 9.17) is 5.73 Å². The fourth-order valence-electron chi connectivity index (χ4n) is 2.29. The summed E-state index contributed by atoms with van der Waals surface area (Å²) in [4.78, 5) is 11.2. The first-order valence-electron chi connectivity index (χ1n) is 6.10. The molecule has 0 unspecified atom stereocenters. The van der Waals surface area contributed by atoms with Crippen LogP contribution in [0.3, 0.4) is 0 Å². The molecule has 0 bridgehead atoms. The van der Waals surface area contributed by atoms with E-state index in [1.807, 2.05) is 0 Å². The molecule has 98 valence electrons. The average molecular weight is 252 g/mol. The second-order valence-corrected chi connectivity index (χ2v) is 4.70. The zero-order chi connectivity index (χ0) is 13.1. The third kappa shape index (κ3) is 2.98. The molecule has 1 saturated carbocycles. The molecule has 5 heteroatoms. The summed E-state index contributed by atoms with van der Waals surface area (Å²) in [5.74, 6) is -1.12. The van der Waals surface area contributed by atoms with Gasteiger partial charge < -0.3 is 16.2 Å². The largest absolute Gasteiger partial charge is 0.393 e. The predicted molar refractivity (Wildman–Crippen MR) is 66.8 cm³/mol. The van der Waals surface area contributed by atoms with Crippen LogP contribution in [0.4, 0.5) is 10.1 Å². The van der Waals surface area contributed by atoms with Crippen LogP contribution in [-0.4, -0.2) is 23.2 Å². The van der Waals surface area contributed by atoms with Crippen molar-refractivity contribution in [3.05, 3.63) is 29.6 Å². The summed E-state index contributed by atoms with van der Waals surface area (Å²) in [6.45, 7) is 0. The van der Waals surface area contributed by atoms with Crippen LogP contribution in [0.25, 0.3) is 0 Å². The molecule has 1 fully saturated rings. The van der Waals surface area contributed by atoms with Gasteiger partial charge in [0.2, 0.25) is 0 Å². The minimum absolute atomic E-state index is 0.168. The first-order valence-corrected chi connectivity index (χ1v) is 6.10. The van der Waals surface area contributed by atoms with E-state index in [-0.39, 0.29) is 17.7 Å². The quantitative estimate of drug-likeness (QED) is 0.765. The van der Waals surface area contributed by atoms with Gasteiger partial charge in [-0.05, 0) is 43.9 Å². The molecule has 2 rings (SSSR count). The zero-order valence-corrected chi connectivity index (χ0v) is 10.0. The molecule has 1 aromatic rings. The van der Waals surface area contributed by atoms with Gasteiger partial charge in [-0.3, -0.25) is 4.79 Å². The number of anilines is 1. The zero-order valence-electron chi connectivity index (χ0n) is 10.0. The Hall–Kier alpha value is -1.62. The number of hydrogen-bond donors (Lipinski definition) is 3. The SMILES string of the molecule is NC(=O)c1cc(F)ccc1N[C@H]1CC[C@H](O)CC1. The number of rotatable bonds is 3. The molecule has 1 aliphatic carbocycles. The summed E-state index contributed by atoms with van der Waals surface area (Å²) >= 11 is 0. The molecule has 1 aromatic carbocycles. The summed E-state index contributed by atoms with van der Waals surface area (Å²) < 4.78 is 13.1. The van der Waals surface area contributed by atoms with Gasteiger partial charge in [-0.1, -0.05) is 0 Å². The summed E-state index contributed by atoms with van der Waals surface area (Å²) in [7, 11) is 0. The lowest BCUT2D eigenvalue weighted by molar-refractivity contribution is 0.1000. The number of benzene rings is 1. The molecule has 4 nitrogen and oxygen atoms in total. The average Bonchev–Trinajstić information content (AvgIpc) is 2.34. The Morgan fingerprint density at radius 2 is 2.00 bits per heavy atom. The topological polar surface area (TPSA) is 75.4 Å². The second kappa shape index (κ2) is 5.35. The number of nitrogens with one attached hydrogen (secondary N) is 1. The Bertz CT molecular complexity index is 443. The number of halogens is 1. The minimum Gasteiger partial charge on any atom is -0.393 e. The Balaban J connectivity index is 2.11. The molecule has 0 heterocycles. The van der Waals surface area contributed by atoms with Gasteiger partial charge in [-0.15, -0.1) is 0 Å². The number of hydrogen-bond acceptors (Lipinski definition) is 3. The molecule has 0 atom stereocenters. The first-order chi connectivity index (χ1) is 8.56. The Morgan fingerprint density at radius 3 is 2.61 bits per heavy atom. The highest BCUT2D eigenvalue weighted by molar-refractivity contribution is 5.98. The second-order valence-electron chi connectivity index (χ2n) is 4.70. The minimum atomic E-state index is -0.646. The number of primary amides is 1. The number of amides is 1. The van der Waals surface area contributed by atoms with Gasteiger partial charge in [0.25, 0.3) is 5.91 Å². The van der Waals surface area contributed by atoms with Crippen LogP contribution in [-0.2, 0) is 0 Å². The number of carbonyl (C=O) groups is 1. The maximum atomic E-state index is 13.1. The summed E-state index contributed by atoms with van der Waals surface area (Å²) in [5.41, 5.74) is 5.95. The van der Waals surface area contributed by atoms with E-state index in [1.165, 1.54) is 12.1 Å². The summed E-state index contributed by atoms with van der Waals surface area (Å²) in [6, 6.07) is 4.16. The molecule has 1 aliphatic rings. The van der Waals surface area contributed by atoms with E-state index in [0.29, 0.717) is 5.69 Å². The summed E-state index contributed by atoms with van der Waals surface area (Å²) in [6.07, 6.45) is 2.91. The van der Waals surface area contributed by atoms with Crippen LogP contribution in [0.15, 0.2) is 18.2 Å². The summed E-state index contributed by atoms with van der Waals surface area (Å²) in [5, 5.41) is 12.6. The fraction of sp³-hybridized carbons (Fsp3) is 0.462. The Labute approximate surface area is 105 Å². The van der Waals surface area contributed by atoms with Gasteiger partial charge in [-0.2, -0.15) is 0 Å². The third-order valence-corrected chi connectivity index (χ3v) is 3.30. The van der Waals surface area contributed by atoms with E-state index in [0.717, 1.165) is 31.7 Å². The van der Waals surface area contributed by atoms with Crippen LogP contribution >= 0.6 is 0 Å². The van der Waals surface area contributed by atoms with Crippen LogP contribution in [0.2, 0.25) is 0 Å². The van der Waals surface area contributed by atoms with Crippen LogP contribution in [0.5, 0.6) is 0 Å². The maximum Gasteiger partial charge on any atom is 0.250 e. The number of nitrogens with two attached hydrogens (primary N) is 1. The lowest BCUT2D eigenvalue weighted by Crippen LogP contribution is -2.29. The van der Waals surface area contributed by atoms with E-state index in [2.05, 4.69) is 5.32 Å². The normalized spacial score (nSPS) is 23.7. The van der Waals surface area contributed by atoms with E-state index < -0.39 is 11.7 Å². The molecule has 0 saturated heterocycles. The molecule has 0 aromatic heterocycles. The molecule has 1 amide bonds. The van der Waals surface area contributed by atoms with Crippen molar-refractivity contribution in [1.82, 2.24) is 0 Å². The van der Waals surface area contributed by atoms with Gasteiger partial charge >= 0.3 is 0 Å². The molecule has 18 heavy (non-hydrogen) atoms. The standard InChI is InChI=1S/C13H17FN2O2/c14-8-1-6-12(11(7-8)13(15)18)16-9-2-4-10(17)5-3-9/h1,6-7,9-10,16-17H,2-5H2,(H2,15,18)/t9-,10-. The highest BCUT2D eigenvalue weighted by Crippen LogP contribution is 2.24. The number of carbonyl (C=O) groups excluding carboxylic acids is 1. The van der Waals surface area contributed by atoms with E-state index in [1.54, 1.807) is 0 Å². The van der Waals surface area contributed by atoms with Crippen molar-refractivity contribution in [2.45, 2.75) is 37.8 Å². The van der Waals surface area contributed by atoms with Crippen molar-refractivity contribution in [3.63, 3.8) is 0 Å². The maximum absolute atomic E-state index is 13.1. The Morgan fingerprint density at radius 1 is 1.33 bits per heavy atom. The van der Waals surface area contributed by atoms with Crippen molar-refractivity contribution in [1.29, 1.82) is 0 Å². The van der Waals surface area contributed by atoms with Gasteiger partial charge in [0, 0.05) is 11.7 Å². The highest BCUT2D eigenvalue weighted by Gasteiger charge is 2.20. The van der Waals surface area contributed by atoms with E-state index in [9.17, 15) is 14.3 Å². The van der Waals surface area contributed by atoms with Crippen molar-refractivity contribution in [2.75, 3.05) is 5.32 Å². The lowest BCUT2D eigenvalue weighted by Gasteiger charge is -2.27. The van der Waals surface area contributed by atoms with Crippen LogP contribution < -0.4 is 11.1 Å². The molecular formula is C13H17FN2O2. The monoisotopic (exact) mass is 252 g/mol.